The first-order valence-corrected chi connectivity index (χ1v) is 16.4. The molecule has 0 atom stereocenters. The number of nitrogens with one attached hydrogen (secondary N) is 2. The maximum Gasteiger partial charge on any atom is 0.261 e. The van der Waals surface area contributed by atoms with Crippen LogP contribution in [0.4, 0.5) is 17.6 Å². The van der Waals surface area contributed by atoms with Crippen LogP contribution in [0.25, 0.3) is 56.0 Å². The molecule has 1 aromatic carbocycles. The third-order valence-electron chi connectivity index (χ3n) is 7.91. The fourth-order valence-corrected chi connectivity index (χ4v) is 6.38. The van der Waals surface area contributed by atoms with Crippen molar-refractivity contribution in [1.82, 2.24) is 40.0 Å². The van der Waals surface area contributed by atoms with Crippen molar-refractivity contribution < 1.29 is 26.0 Å². The topological polar surface area (TPSA) is 133 Å². The van der Waals surface area contributed by atoms with Gasteiger partial charge in [0.1, 0.15) is 27.0 Å². The third-order valence-corrected chi connectivity index (χ3v) is 8.86. The van der Waals surface area contributed by atoms with Gasteiger partial charge in [-0.2, -0.15) is 5.10 Å². The first-order chi connectivity index (χ1) is 21.9. The molecule has 2 N–H and O–H groups in total. The molecule has 6 aromatic rings. The third kappa shape index (κ3) is 5.95. The molecular weight excluding hydrogens is 624 g/mol. The van der Waals surface area contributed by atoms with Crippen LogP contribution < -0.4 is 0 Å². The van der Waals surface area contributed by atoms with E-state index in [1.807, 2.05) is 0 Å². The molecule has 1 fully saturated rings. The first kappa shape index (κ1) is 29.9. The number of H-pyrrole nitrogens is 2. The van der Waals surface area contributed by atoms with Gasteiger partial charge >= 0.3 is 0 Å². The summed E-state index contributed by atoms with van der Waals surface area (Å²) in [5, 5.41) is 7.19. The predicted octanol–water partition coefficient (Wildman–Crippen LogP) is 5.33. The largest absolute Gasteiger partial charge is 0.335 e. The van der Waals surface area contributed by atoms with Crippen LogP contribution in [0.1, 0.15) is 17.5 Å². The van der Waals surface area contributed by atoms with Gasteiger partial charge in [-0.05, 0) is 47.4 Å². The number of alkyl halides is 2. The Balaban J connectivity index is 1.25. The molecule has 7 rings (SSSR count). The van der Waals surface area contributed by atoms with Gasteiger partial charge < -0.3 is 4.98 Å². The number of halogens is 4. The highest BCUT2D eigenvalue weighted by Gasteiger charge is 2.38. The zero-order valence-electron chi connectivity index (χ0n) is 24.4. The van der Waals surface area contributed by atoms with E-state index in [1.165, 1.54) is 30.7 Å². The minimum Gasteiger partial charge on any atom is -0.335 e. The van der Waals surface area contributed by atoms with Gasteiger partial charge in [0.15, 0.2) is 17.3 Å². The normalized spacial score (nSPS) is 15.3. The monoisotopic (exact) mass is 650 g/mol. The number of fused-ring (bicyclic) bond motifs is 2. The molecule has 236 valence electrons. The molecule has 46 heavy (non-hydrogen) atoms. The molecule has 5 aromatic heterocycles. The molecule has 0 unspecified atom stereocenters. The average molecular weight is 651 g/mol. The number of aryl methyl sites for hydroxylation is 1. The number of benzene rings is 1. The van der Waals surface area contributed by atoms with Gasteiger partial charge in [-0.3, -0.25) is 20.0 Å². The average Bonchev–Trinajstić information content (AvgIpc) is 3.72. The van der Waals surface area contributed by atoms with Crippen molar-refractivity contribution in [3.8, 4) is 33.9 Å². The summed E-state index contributed by atoms with van der Waals surface area (Å²) >= 11 is 0. The van der Waals surface area contributed by atoms with E-state index in [0.717, 1.165) is 6.26 Å². The fraction of sp³-hybridized carbons (Fsp3) is 0.258. The summed E-state index contributed by atoms with van der Waals surface area (Å²) in [5.41, 5.74) is 3.81. The van der Waals surface area contributed by atoms with Crippen molar-refractivity contribution in [2.75, 3.05) is 25.1 Å². The van der Waals surface area contributed by atoms with Crippen molar-refractivity contribution in [1.29, 1.82) is 0 Å². The van der Waals surface area contributed by atoms with Gasteiger partial charge in [0.2, 0.25) is 0 Å². The van der Waals surface area contributed by atoms with Crippen LogP contribution in [0.5, 0.6) is 0 Å². The molecule has 0 aliphatic carbocycles. The Kier molecular flexibility index (Phi) is 7.31. The number of sulfone groups is 1. The Morgan fingerprint density at radius 1 is 1.00 bits per heavy atom. The molecular formula is C31H26F4N8O2S. The summed E-state index contributed by atoms with van der Waals surface area (Å²) < 4.78 is 81.6. The van der Waals surface area contributed by atoms with E-state index in [4.69, 9.17) is 0 Å². The summed E-state index contributed by atoms with van der Waals surface area (Å²) in [6.45, 7) is 0.160. The lowest BCUT2D eigenvalue weighted by Crippen LogP contribution is -2.24. The Bertz CT molecular complexity index is 2240. The lowest BCUT2D eigenvalue weighted by atomic mass is 10.0. The molecule has 1 saturated heterocycles. The molecule has 10 nitrogen and oxygen atoms in total. The summed E-state index contributed by atoms with van der Waals surface area (Å²) in [6.07, 6.45) is 7.04. The second-order valence-electron chi connectivity index (χ2n) is 11.6. The van der Waals surface area contributed by atoms with E-state index < -0.39 is 27.4 Å². The van der Waals surface area contributed by atoms with Gasteiger partial charge in [-0.15, -0.1) is 0 Å². The molecule has 0 spiro atoms. The van der Waals surface area contributed by atoms with Crippen LogP contribution >= 0.6 is 0 Å². The molecule has 1 aliphatic heterocycles. The van der Waals surface area contributed by atoms with E-state index >= 15 is 4.39 Å². The molecule has 0 saturated carbocycles. The second-order valence-corrected chi connectivity index (χ2v) is 13.8. The van der Waals surface area contributed by atoms with Gasteiger partial charge in [0.25, 0.3) is 5.92 Å². The zero-order chi connectivity index (χ0) is 32.2. The molecule has 6 heterocycles. The van der Waals surface area contributed by atoms with E-state index in [1.54, 1.807) is 29.3 Å². The molecule has 1 aliphatic rings. The summed E-state index contributed by atoms with van der Waals surface area (Å²) in [5.74, 6) is -3.85. The van der Waals surface area contributed by atoms with Gasteiger partial charge in [-0.1, -0.05) is 6.07 Å². The van der Waals surface area contributed by atoms with Crippen LogP contribution in [0.2, 0.25) is 0 Å². The van der Waals surface area contributed by atoms with Gasteiger partial charge in [0, 0.05) is 55.5 Å². The highest BCUT2D eigenvalue weighted by Crippen LogP contribution is 2.35. The quantitative estimate of drug-likeness (QED) is 0.211. The Labute approximate surface area is 259 Å². The van der Waals surface area contributed by atoms with E-state index in [2.05, 4.69) is 35.1 Å². The molecule has 15 heteroatoms. The lowest BCUT2D eigenvalue weighted by Gasteiger charge is -2.15. The highest BCUT2D eigenvalue weighted by molar-refractivity contribution is 7.90. The zero-order valence-corrected chi connectivity index (χ0v) is 25.2. The van der Waals surface area contributed by atoms with E-state index in [0.29, 0.717) is 38.9 Å². The van der Waals surface area contributed by atoms with Gasteiger partial charge in [-0.25, -0.2) is 35.9 Å². The number of likely N-dealkylation sites (tertiary alicyclic amines) is 1. The standard InChI is InChI=1S/C31H26F4N8O2S/c1-46(44,45)7-3-17-8-19(11-21(32)10-17)22-2-5-37-29-27(22)39-30(40-29)28-24-23(41-42-28)14-38-26(25(24)33)20-9-18(12-36-13-20)15-43-6-4-31(34,35)16-43/h2,5,8-14H,3-4,6-7,15-16H2,1H3,(H,41,42)(H,37,39,40). The minimum absolute atomic E-state index is 0.00700. The summed E-state index contributed by atoms with van der Waals surface area (Å²) in [4.78, 5) is 22.1. The van der Waals surface area contributed by atoms with Crippen molar-refractivity contribution >= 4 is 31.9 Å². The van der Waals surface area contributed by atoms with Crippen LogP contribution in [0.3, 0.4) is 0 Å². The number of pyridine rings is 3. The number of nitrogens with zero attached hydrogens (tertiary/aromatic N) is 6. The molecule has 0 bridgehead atoms. The highest BCUT2D eigenvalue weighted by atomic mass is 32.2. The Hall–Kier alpha value is -4.76. The lowest BCUT2D eigenvalue weighted by molar-refractivity contribution is 0.0115. The summed E-state index contributed by atoms with van der Waals surface area (Å²) in [7, 11) is -3.25. The van der Waals surface area contributed by atoms with Crippen LogP contribution in [0, 0.1) is 11.6 Å². The number of hydrogen-bond acceptors (Lipinski definition) is 8. The van der Waals surface area contributed by atoms with Crippen molar-refractivity contribution in [2.24, 2.45) is 0 Å². The van der Waals surface area contributed by atoms with Crippen molar-refractivity contribution in [3.63, 3.8) is 0 Å². The fourth-order valence-electron chi connectivity index (χ4n) is 5.77. The summed E-state index contributed by atoms with van der Waals surface area (Å²) in [6, 6.07) is 7.70. The Morgan fingerprint density at radius 3 is 2.61 bits per heavy atom. The predicted molar refractivity (Wildman–Crippen MR) is 164 cm³/mol. The van der Waals surface area contributed by atoms with Crippen molar-refractivity contribution in [2.45, 2.75) is 25.3 Å². The van der Waals surface area contributed by atoms with Gasteiger partial charge in [0.05, 0.1) is 34.9 Å². The number of aromatic nitrogens is 7. The number of aromatic amines is 2. The Morgan fingerprint density at radius 2 is 1.83 bits per heavy atom. The van der Waals surface area contributed by atoms with Crippen LogP contribution in [0.15, 0.2) is 55.1 Å². The van der Waals surface area contributed by atoms with E-state index in [9.17, 15) is 21.6 Å². The van der Waals surface area contributed by atoms with Crippen LogP contribution in [-0.2, 0) is 22.8 Å². The number of rotatable bonds is 8. The molecule has 0 radical (unpaired) electrons. The first-order valence-electron chi connectivity index (χ1n) is 14.3. The smallest absolute Gasteiger partial charge is 0.261 e. The van der Waals surface area contributed by atoms with Crippen molar-refractivity contribution in [3.05, 3.63) is 77.9 Å². The maximum absolute atomic E-state index is 16.2. The van der Waals surface area contributed by atoms with E-state index in [-0.39, 0.29) is 66.5 Å². The maximum atomic E-state index is 16.2. The van der Waals surface area contributed by atoms with Crippen LogP contribution in [-0.4, -0.2) is 79.5 Å². The number of hydrogen-bond donors (Lipinski definition) is 2. The SMILES string of the molecule is CS(=O)(=O)CCc1cc(F)cc(-c2ccnc3nc(-c4n[nH]c5cnc(-c6cncc(CN7CCC(F)(F)C7)c6)c(F)c45)[nH]c23)c1. The minimum atomic E-state index is -3.25. The second kappa shape index (κ2) is 11.2. The number of imidazole rings is 1. The molecule has 0 amide bonds.